The molecular formula is C10H8Br2N2O2S. The number of hydrogen-bond acceptors (Lipinski definition) is 3. The molecule has 1 aromatic heterocycles. The smallest absolute Gasteiger partial charge is 0.241 e. The Labute approximate surface area is 116 Å². The summed E-state index contributed by atoms with van der Waals surface area (Å²) < 4.78 is 27.1. The maximum Gasteiger partial charge on any atom is 0.270 e. The first-order valence-corrected chi connectivity index (χ1v) is 7.66. The average molecular weight is 380 g/mol. The Bertz CT molecular complexity index is 665. The van der Waals surface area contributed by atoms with Crippen LogP contribution >= 0.6 is 31.9 Å². The van der Waals surface area contributed by atoms with E-state index < -0.39 is 10.0 Å². The standard InChI is InChI=1S/C10H8Br2N2O2S/c1-7-13-4-5-14(7)17(15,16)10-6-8(11)2-3-9(10)12/h2-6H,1H3. The molecule has 1 heterocycles. The van der Waals surface area contributed by atoms with Gasteiger partial charge in [-0.2, -0.15) is 0 Å². The van der Waals surface area contributed by atoms with Gasteiger partial charge in [0.25, 0.3) is 10.0 Å². The fourth-order valence-electron chi connectivity index (χ4n) is 1.40. The van der Waals surface area contributed by atoms with Crippen LogP contribution in [0.1, 0.15) is 5.82 Å². The first-order chi connectivity index (χ1) is 7.93. The molecule has 0 N–H and O–H groups in total. The summed E-state index contributed by atoms with van der Waals surface area (Å²) in [7, 11) is -3.60. The maximum atomic E-state index is 12.4. The van der Waals surface area contributed by atoms with Crippen molar-refractivity contribution in [2.45, 2.75) is 11.8 Å². The van der Waals surface area contributed by atoms with Crippen LogP contribution in [0.4, 0.5) is 0 Å². The van der Waals surface area contributed by atoms with Gasteiger partial charge in [-0.1, -0.05) is 15.9 Å². The lowest BCUT2D eigenvalue weighted by Crippen LogP contribution is -2.14. The van der Waals surface area contributed by atoms with Crippen LogP contribution in [0.2, 0.25) is 0 Å². The monoisotopic (exact) mass is 378 g/mol. The molecule has 1 aromatic carbocycles. The van der Waals surface area contributed by atoms with Gasteiger partial charge in [0.2, 0.25) is 0 Å². The Morgan fingerprint density at radius 1 is 1.29 bits per heavy atom. The van der Waals surface area contributed by atoms with E-state index in [4.69, 9.17) is 0 Å². The Morgan fingerprint density at radius 3 is 2.59 bits per heavy atom. The lowest BCUT2D eigenvalue weighted by molar-refractivity contribution is 0.585. The molecule has 0 saturated heterocycles. The molecule has 0 saturated carbocycles. The molecule has 7 heteroatoms. The zero-order chi connectivity index (χ0) is 12.6. The number of hydrogen-bond donors (Lipinski definition) is 0. The molecule has 0 aliphatic carbocycles. The van der Waals surface area contributed by atoms with E-state index in [1.807, 2.05) is 0 Å². The average Bonchev–Trinajstić information content (AvgIpc) is 2.68. The maximum absolute atomic E-state index is 12.4. The highest BCUT2D eigenvalue weighted by molar-refractivity contribution is 9.11. The van der Waals surface area contributed by atoms with Crippen molar-refractivity contribution in [2.24, 2.45) is 0 Å². The Balaban J connectivity index is 2.68. The second kappa shape index (κ2) is 4.55. The molecule has 0 spiro atoms. The van der Waals surface area contributed by atoms with E-state index in [1.54, 1.807) is 25.1 Å². The van der Waals surface area contributed by atoms with Crippen molar-refractivity contribution in [2.75, 3.05) is 0 Å². The van der Waals surface area contributed by atoms with E-state index >= 15 is 0 Å². The van der Waals surface area contributed by atoms with Gasteiger partial charge in [0.05, 0.1) is 0 Å². The summed E-state index contributed by atoms with van der Waals surface area (Å²) in [4.78, 5) is 4.12. The number of rotatable bonds is 2. The van der Waals surface area contributed by atoms with Crippen molar-refractivity contribution >= 4 is 41.9 Å². The summed E-state index contributed by atoms with van der Waals surface area (Å²) in [6.45, 7) is 1.64. The normalized spacial score (nSPS) is 11.7. The summed E-state index contributed by atoms with van der Waals surface area (Å²) in [5.41, 5.74) is 0. The van der Waals surface area contributed by atoms with Crippen LogP contribution in [-0.4, -0.2) is 17.4 Å². The molecular weight excluding hydrogens is 372 g/mol. The molecule has 0 radical (unpaired) electrons. The summed E-state index contributed by atoms with van der Waals surface area (Å²) in [5.74, 6) is 0.428. The van der Waals surface area contributed by atoms with Gasteiger partial charge in [-0.15, -0.1) is 0 Å². The molecule has 0 aliphatic rings. The van der Waals surface area contributed by atoms with Crippen LogP contribution in [0.15, 0.2) is 44.4 Å². The zero-order valence-electron chi connectivity index (χ0n) is 8.76. The largest absolute Gasteiger partial charge is 0.270 e. The number of halogens is 2. The SMILES string of the molecule is Cc1nccn1S(=O)(=O)c1cc(Br)ccc1Br. The summed E-state index contributed by atoms with van der Waals surface area (Å²) in [5, 5.41) is 0. The molecule has 4 nitrogen and oxygen atoms in total. The van der Waals surface area contributed by atoms with Gasteiger partial charge < -0.3 is 0 Å². The highest BCUT2D eigenvalue weighted by Crippen LogP contribution is 2.27. The third-order valence-corrected chi connectivity index (χ3v) is 5.46. The van der Waals surface area contributed by atoms with E-state index in [2.05, 4.69) is 36.8 Å². The van der Waals surface area contributed by atoms with E-state index in [9.17, 15) is 8.42 Å². The molecule has 0 fully saturated rings. The topological polar surface area (TPSA) is 52.0 Å². The van der Waals surface area contributed by atoms with Gasteiger partial charge in [0.15, 0.2) is 0 Å². The second-order valence-corrected chi connectivity index (χ2v) is 6.90. The lowest BCUT2D eigenvalue weighted by atomic mass is 10.4. The Hall–Kier alpha value is -0.660. The molecule has 2 rings (SSSR count). The molecule has 0 bridgehead atoms. The minimum Gasteiger partial charge on any atom is -0.241 e. The van der Waals surface area contributed by atoms with Crippen LogP contribution in [0.25, 0.3) is 0 Å². The molecule has 0 aliphatic heterocycles. The summed E-state index contributed by atoms with van der Waals surface area (Å²) >= 11 is 6.50. The minimum atomic E-state index is -3.60. The predicted octanol–water partition coefficient (Wildman–Crippen LogP) is 2.95. The van der Waals surface area contributed by atoms with Crippen molar-refractivity contribution in [1.29, 1.82) is 0 Å². The number of benzene rings is 1. The number of aromatic nitrogens is 2. The quantitative estimate of drug-likeness (QED) is 0.805. The first-order valence-electron chi connectivity index (χ1n) is 4.63. The van der Waals surface area contributed by atoms with Crippen LogP contribution in [0.3, 0.4) is 0 Å². The lowest BCUT2D eigenvalue weighted by Gasteiger charge is -2.09. The highest BCUT2D eigenvalue weighted by Gasteiger charge is 2.21. The summed E-state index contributed by atoms with van der Waals surface area (Å²) in [6, 6.07) is 5.01. The molecule has 2 aromatic rings. The van der Waals surface area contributed by atoms with Crippen molar-refractivity contribution in [3.63, 3.8) is 0 Å². The van der Waals surface area contributed by atoms with Gasteiger partial charge in [0.1, 0.15) is 10.7 Å². The molecule has 90 valence electrons. The third-order valence-electron chi connectivity index (χ3n) is 2.21. The first kappa shape index (κ1) is 12.8. The van der Waals surface area contributed by atoms with Crippen molar-refractivity contribution < 1.29 is 8.42 Å². The van der Waals surface area contributed by atoms with Gasteiger partial charge in [0, 0.05) is 21.3 Å². The number of nitrogens with zero attached hydrogens (tertiary/aromatic N) is 2. The molecule has 0 atom stereocenters. The number of imidazole rings is 1. The van der Waals surface area contributed by atoms with E-state index in [0.717, 1.165) is 3.97 Å². The Morgan fingerprint density at radius 2 is 2.00 bits per heavy atom. The van der Waals surface area contributed by atoms with Crippen LogP contribution in [0, 0.1) is 6.92 Å². The van der Waals surface area contributed by atoms with Crippen molar-refractivity contribution in [3.8, 4) is 0 Å². The molecule has 0 amide bonds. The highest BCUT2D eigenvalue weighted by atomic mass is 79.9. The van der Waals surface area contributed by atoms with Crippen LogP contribution in [0.5, 0.6) is 0 Å². The van der Waals surface area contributed by atoms with E-state index in [0.29, 0.717) is 14.8 Å². The van der Waals surface area contributed by atoms with Crippen LogP contribution in [-0.2, 0) is 10.0 Å². The van der Waals surface area contributed by atoms with Gasteiger partial charge >= 0.3 is 0 Å². The van der Waals surface area contributed by atoms with Gasteiger partial charge in [-0.25, -0.2) is 17.4 Å². The second-order valence-electron chi connectivity index (χ2n) is 3.35. The number of aryl methyl sites for hydroxylation is 1. The van der Waals surface area contributed by atoms with Gasteiger partial charge in [-0.3, -0.25) is 0 Å². The molecule has 17 heavy (non-hydrogen) atoms. The van der Waals surface area contributed by atoms with E-state index in [1.165, 1.54) is 12.4 Å². The zero-order valence-corrected chi connectivity index (χ0v) is 12.8. The summed E-state index contributed by atoms with van der Waals surface area (Å²) in [6.07, 6.45) is 2.89. The minimum absolute atomic E-state index is 0.202. The van der Waals surface area contributed by atoms with Crippen molar-refractivity contribution in [1.82, 2.24) is 8.96 Å². The third kappa shape index (κ3) is 2.31. The van der Waals surface area contributed by atoms with Crippen molar-refractivity contribution in [3.05, 3.63) is 45.4 Å². The fourth-order valence-corrected chi connectivity index (χ4v) is 4.19. The van der Waals surface area contributed by atoms with Crippen LogP contribution < -0.4 is 0 Å². The van der Waals surface area contributed by atoms with Gasteiger partial charge in [-0.05, 0) is 41.1 Å². The van der Waals surface area contributed by atoms with E-state index in [-0.39, 0.29) is 4.90 Å². The Kier molecular flexibility index (Phi) is 3.42. The fraction of sp³-hybridized carbons (Fsp3) is 0.100. The molecule has 0 unspecified atom stereocenters. The predicted molar refractivity (Wildman–Crippen MR) is 71.4 cm³/mol.